The van der Waals surface area contributed by atoms with Gasteiger partial charge in [0.15, 0.2) is 0 Å². The first-order valence-corrected chi connectivity index (χ1v) is 8.48. The summed E-state index contributed by atoms with van der Waals surface area (Å²) in [4.78, 5) is 0. The van der Waals surface area contributed by atoms with E-state index in [0.717, 1.165) is 24.2 Å². The van der Waals surface area contributed by atoms with Gasteiger partial charge < -0.3 is 5.32 Å². The molecule has 0 saturated carbocycles. The molecule has 0 amide bonds. The van der Waals surface area contributed by atoms with Crippen LogP contribution >= 0.6 is 0 Å². The van der Waals surface area contributed by atoms with Crippen LogP contribution in [0.25, 0.3) is 0 Å². The van der Waals surface area contributed by atoms with Crippen molar-refractivity contribution < 1.29 is 0 Å². The van der Waals surface area contributed by atoms with Gasteiger partial charge >= 0.3 is 0 Å². The van der Waals surface area contributed by atoms with Crippen LogP contribution < -0.4 is 5.32 Å². The lowest BCUT2D eigenvalue weighted by Gasteiger charge is -2.12. The topological polar surface area (TPSA) is 12.0 Å². The van der Waals surface area contributed by atoms with Gasteiger partial charge in [-0.25, -0.2) is 0 Å². The molecule has 24 heavy (non-hydrogen) atoms. The summed E-state index contributed by atoms with van der Waals surface area (Å²) in [6.45, 7) is 10.4. The first-order chi connectivity index (χ1) is 11.6. The molecule has 1 heteroatoms. The normalized spacial score (nSPS) is 11.7. The predicted octanol–water partition coefficient (Wildman–Crippen LogP) is 6.23. The molecule has 0 spiro atoms. The van der Waals surface area contributed by atoms with Crippen LogP contribution in [0.3, 0.4) is 0 Å². The monoisotopic (exact) mass is 317 g/mol. The lowest BCUT2D eigenvalue weighted by Crippen LogP contribution is -2.03. The number of anilines is 1. The summed E-state index contributed by atoms with van der Waals surface area (Å²) >= 11 is 0. The van der Waals surface area contributed by atoms with Gasteiger partial charge in [0.25, 0.3) is 0 Å². The third-order valence-corrected chi connectivity index (χ3v) is 4.06. The molecule has 1 N–H and O–H groups in total. The van der Waals surface area contributed by atoms with Crippen LogP contribution in [0.4, 0.5) is 5.69 Å². The average molecular weight is 317 g/mol. The van der Waals surface area contributed by atoms with Crippen molar-refractivity contribution >= 4 is 5.69 Å². The van der Waals surface area contributed by atoms with E-state index in [9.17, 15) is 0 Å². The molecule has 0 heterocycles. The fourth-order valence-corrected chi connectivity index (χ4v) is 2.68. The average Bonchev–Trinajstić information content (AvgIpc) is 2.58. The molecule has 0 saturated heterocycles. The van der Waals surface area contributed by atoms with E-state index in [1.54, 1.807) is 0 Å². The standard InChI is InChI=1S/C23H27N/c1-5-9-20(6-2)17-22-14-12-21(13-15-22)16-19(4)24-23-11-8-7-10-18(23)3/h5-15,24H,4,16-17H2,1-3H3/b9-5-,20-6+. The molecular formula is C23H27N. The van der Waals surface area contributed by atoms with Crippen molar-refractivity contribution in [2.24, 2.45) is 0 Å². The molecule has 0 aliphatic rings. The SMILES string of the molecule is C=C(Cc1ccc(CC(/C=C\C)=C/C)cc1)Nc1ccccc1C. The molecule has 2 aromatic carbocycles. The zero-order valence-corrected chi connectivity index (χ0v) is 15.0. The Labute approximate surface area is 146 Å². The second-order valence-corrected chi connectivity index (χ2v) is 6.08. The number of hydrogen-bond donors (Lipinski definition) is 1. The summed E-state index contributed by atoms with van der Waals surface area (Å²) in [5.41, 5.74) is 7.33. The summed E-state index contributed by atoms with van der Waals surface area (Å²) in [6, 6.07) is 17.1. The van der Waals surface area contributed by atoms with Crippen molar-refractivity contribution in [3.63, 3.8) is 0 Å². The third kappa shape index (κ3) is 5.27. The van der Waals surface area contributed by atoms with Gasteiger partial charge in [-0.3, -0.25) is 0 Å². The Morgan fingerprint density at radius 3 is 2.17 bits per heavy atom. The second kappa shape index (κ2) is 8.93. The minimum Gasteiger partial charge on any atom is -0.359 e. The van der Waals surface area contributed by atoms with Crippen molar-refractivity contribution in [3.05, 3.63) is 101 Å². The van der Waals surface area contributed by atoms with Crippen LogP contribution in [0.5, 0.6) is 0 Å². The summed E-state index contributed by atoms with van der Waals surface area (Å²) in [5.74, 6) is 0. The minimum atomic E-state index is 0.833. The number of allylic oxidation sites excluding steroid dienone is 5. The number of aryl methyl sites for hydroxylation is 1. The highest BCUT2D eigenvalue weighted by Crippen LogP contribution is 2.18. The molecule has 124 valence electrons. The van der Waals surface area contributed by atoms with Gasteiger partial charge in [-0.05, 0) is 55.5 Å². The second-order valence-electron chi connectivity index (χ2n) is 6.08. The number of hydrogen-bond acceptors (Lipinski definition) is 1. The highest BCUT2D eigenvalue weighted by atomic mass is 14.9. The summed E-state index contributed by atoms with van der Waals surface area (Å²) < 4.78 is 0. The van der Waals surface area contributed by atoms with Gasteiger partial charge in [0.1, 0.15) is 0 Å². The zero-order valence-electron chi connectivity index (χ0n) is 15.0. The number of benzene rings is 2. The maximum absolute atomic E-state index is 4.17. The summed E-state index contributed by atoms with van der Waals surface area (Å²) in [5, 5.41) is 3.42. The third-order valence-electron chi connectivity index (χ3n) is 4.06. The highest BCUT2D eigenvalue weighted by Gasteiger charge is 2.02. The van der Waals surface area contributed by atoms with Crippen LogP contribution in [0, 0.1) is 6.92 Å². The zero-order chi connectivity index (χ0) is 17.4. The molecule has 0 atom stereocenters. The van der Waals surface area contributed by atoms with E-state index in [-0.39, 0.29) is 0 Å². The molecular weight excluding hydrogens is 290 g/mol. The Bertz CT molecular complexity index is 733. The molecule has 2 rings (SSSR count). The van der Waals surface area contributed by atoms with Gasteiger partial charge in [0, 0.05) is 17.8 Å². The van der Waals surface area contributed by atoms with Gasteiger partial charge in [-0.15, -0.1) is 0 Å². The van der Waals surface area contributed by atoms with Crippen LogP contribution in [0.1, 0.15) is 30.5 Å². The molecule has 0 aliphatic carbocycles. The molecule has 0 radical (unpaired) electrons. The Hall–Kier alpha value is -2.54. The molecule has 0 fully saturated rings. The number of rotatable bonds is 7. The molecule has 0 aromatic heterocycles. The highest BCUT2D eigenvalue weighted by molar-refractivity contribution is 5.54. The summed E-state index contributed by atoms with van der Waals surface area (Å²) in [6.07, 6.45) is 8.23. The first kappa shape index (κ1) is 17.8. The number of nitrogens with one attached hydrogen (secondary N) is 1. The maximum Gasteiger partial charge on any atom is 0.0411 e. The fourth-order valence-electron chi connectivity index (χ4n) is 2.68. The minimum absolute atomic E-state index is 0.833. The molecule has 0 bridgehead atoms. The smallest absolute Gasteiger partial charge is 0.0411 e. The van der Waals surface area contributed by atoms with E-state index in [2.05, 4.69) is 93.4 Å². The largest absolute Gasteiger partial charge is 0.359 e. The summed E-state index contributed by atoms with van der Waals surface area (Å²) in [7, 11) is 0. The quantitative estimate of drug-likeness (QED) is 0.597. The first-order valence-electron chi connectivity index (χ1n) is 8.48. The van der Waals surface area contributed by atoms with Crippen molar-refractivity contribution in [3.8, 4) is 0 Å². The van der Waals surface area contributed by atoms with E-state index in [4.69, 9.17) is 0 Å². The lowest BCUT2D eigenvalue weighted by molar-refractivity contribution is 1.13. The van der Waals surface area contributed by atoms with Gasteiger partial charge in [-0.1, -0.05) is 67.3 Å². The van der Waals surface area contributed by atoms with Crippen molar-refractivity contribution in [1.29, 1.82) is 0 Å². The van der Waals surface area contributed by atoms with Crippen molar-refractivity contribution in [2.45, 2.75) is 33.6 Å². The van der Waals surface area contributed by atoms with Gasteiger partial charge in [-0.2, -0.15) is 0 Å². The van der Waals surface area contributed by atoms with E-state index >= 15 is 0 Å². The Morgan fingerprint density at radius 1 is 0.958 bits per heavy atom. The van der Waals surface area contributed by atoms with E-state index in [0.29, 0.717) is 0 Å². The fraction of sp³-hybridized carbons (Fsp3) is 0.217. The van der Waals surface area contributed by atoms with Crippen molar-refractivity contribution in [1.82, 2.24) is 0 Å². The maximum atomic E-state index is 4.17. The Kier molecular flexibility index (Phi) is 6.62. The van der Waals surface area contributed by atoms with Crippen LogP contribution in [-0.2, 0) is 12.8 Å². The van der Waals surface area contributed by atoms with Gasteiger partial charge in [0.2, 0.25) is 0 Å². The van der Waals surface area contributed by atoms with Crippen LogP contribution in [-0.4, -0.2) is 0 Å². The molecule has 2 aromatic rings. The predicted molar refractivity (Wildman–Crippen MR) is 106 cm³/mol. The molecule has 0 aliphatic heterocycles. The number of para-hydroxylation sites is 1. The van der Waals surface area contributed by atoms with Crippen molar-refractivity contribution in [2.75, 3.05) is 5.32 Å². The van der Waals surface area contributed by atoms with Crippen LogP contribution in [0.15, 0.2) is 84.6 Å². The van der Waals surface area contributed by atoms with E-state index < -0.39 is 0 Å². The Morgan fingerprint density at radius 2 is 1.58 bits per heavy atom. The molecule has 0 unspecified atom stereocenters. The Balaban J connectivity index is 1.96. The molecule has 1 nitrogen and oxygen atoms in total. The van der Waals surface area contributed by atoms with E-state index in [1.165, 1.54) is 22.3 Å². The van der Waals surface area contributed by atoms with Gasteiger partial charge in [0.05, 0.1) is 0 Å². The van der Waals surface area contributed by atoms with E-state index in [1.807, 2.05) is 6.07 Å². The lowest BCUT2D eigenvalue weighted by atomic mass is 10.0. The van der Waals surface area contributed by atoms with Crippen LogP contribution in [0.2, 0.25) is 0 Å².